The minimum absolute atomic E-state index is 0.582. The van der Waals surface area contributed by atoms with E-state index in [-0.39, 0.29) is 0 Å². The highest BCUT2D eigenvalue weighted by Crippen LogP contribution is 2.34. The van der Waals surface area contributed by atoms with Crippen LogP contribution in [0, 0.1) is 11.8 Å². The number of halogens is 1. The van der Waals surface area contributed by atoms with Crippen LogP contribution in [0.2, 0.25) is 0 Å². The molecule has 2 aliphatic rings. The number of fused-ring (bicyclic) bond motifs is 2. The summed E-state index contributed by atoms with van der Waals surface area (Å²) in [5, 5.41) is 3.93. The lowest BCUT2D eigenvalue weighted by Crippen LogP contribution is -2.27. The summed E-state index contributed by atoms with van der Waals surface area (Å²) in [7, 11) is 1.59. The van der Waals surface area contributed by atoms with E-state index in [1.807, 2.05) is 0 Å². The molecule has 3 nitrogen and oxygen atoms in total. The Kier molecular flexibility index (Phi) is 2.37. The summed E-state index contributed by atoms with van der Waals surface area (Å²) in [4.78, 5) is 7.23. The van der Waals surface area contributed by atoms with Crippen LogP contribution in [0.4, 0.5) is 0 Å². The second-order valence-electron chi connectivity index (χ2n) is 3.51. The number of piperidine rings is 1. The molecular formula is C8H13BrN2O. The van der Waals surface area contributed by atoms with Crippen molar-refractivity contribution in [3.63, 3.8) is 0 Å². The molecule has 2 aliphatic heterocycles. The molecular weight excluding hydrogens is 220 g/mol. The molecule has 0 radical (unpaired) electrons. The maximum atomic E-state index is 4.75. The fourth-order valence-electron chi connectivity index (χ4n) is 2.21. The molecule has 0 aromatic rings. The van der Waals surface area contributed by atoms with E-state index in [1.54, 1.807) is 7.11 Å². The van der Waals surface area contributed by atoms with E-state index in [0.29, 0.717) is 5.92 Å². The third kappa shape index (κ3) is 1.38. The van der Waals surface area contributed by atoms with Gasteiger partial charge in [0.25, 0.3) is 0 Å². The maximum Gasteiger partial charge on any atom is 0.127 e. The van der Waals surface area contributed by atoms with Gasteiger partial charge < -0.3 is 9.74 Å². The maximum absolute atomic E-state index is 4.75. The molecule has 2 fully saturated rings. The smallest absolute Gasteiger partial charge is 0.127 e. The lowest BCUT2D eigenvalue weighted by molar-refractivity contribution is 0.211. The average Bonchev–Trinajstić information content (AvgIpc) is 2.64. The van der Waals surface area contributed by atoms with Crippen LogP contribution in [0.25, 0.3) is 0 Å². The summed E-state index contributed by atoms with van der Waals surface area (Å²) >= 11 is 3.46. The van der Waals surface area contributed by atoms with Gasteiger partial charge in [-0.15, -0.1) is 0 Å². The average molecular weight is 233 g/mol. The SMILES string of the molecule is CON=C(Br)C1CN2CCC1C2. The molecule has 2 saturated heterocycles. The molecule has 0 aromatic heterocycles. The summed E-state index contributed by atoms with van der Waals surface area (Å²) in [6.45, 7) is 3.67. The molecule has 0 spiro atoms. The van der Waals surface area contributed by atoms with Crippen molar-refractivity contribution in [3.8, 4) is 0 Å². The van der Waals surface area contributed by atoms with E-state index in [0.717, 1.165) is 17.1 Å². The standard InChI is InChI=1S/C8H13BrN2O/c1-12-10-8(9)7-5-11-3-2-6(7)4-11/h6-7H,2-5H2,1H3. The molecule has 0 aliphatic carbocycles. The van der Waals surface area contributed by atoms with Gasteiger partial charge in [0.15, 0.2) is 0 Å². The largest absolute Gasteiger partial charge is 0.398 e. The molecule has 2 heterocycles. The first-order valence-corrected chi connectivity index (χ1v) is 5.09. The molecule has 68 valence electrons. The number of hydrogen-bond donors (Lipinski definition) is 0. The Bertz CT molecular complexity index is 207. The summed E-state index contributed by atoms with van der Waals surface area (Å²) in [6.07, 6.45) is 1.32. The first-order valence-electron chi connectivity index (χ1n) is 4.30. The monoisotopic (exact) mass is 232 g/mol. The predicted molar refractivity (Wildman–Crippen MR) is 51.4 cm³/mol. The lowest BCUT2D eigenvalue weighted by Gasteiger charge is -2.19. The molecule has 12 heavy (non-hydrogen) atoms. The molecule has 0 N–H and O–H groups in total. The van der Waals surface area contributed by atoms with Crippen LogP contribution < -0.4 is 0 Å². The van der Waals surface area contributed by atoms with Gasteiger partial charge in [0.05, 0.1) is 0 Å². The highest BCUT2D eigenvalue weighted by molar-refractivity contribution is 9.18. The topological polar surface area (TPSA) is 24.8 Å². The van der Waals surface area contributed by atoms with Crippen molar-refractivity contribution in [2.24, 2.45) is 17.0 Å². The van der Waals surface area contributed by atoms with Gasteiger partial charge in [-0.2, -0.15) is 0 Å². The Hall–Kier alpha value is -0.0900. The third-order valence-electron chi connectivity index (χ3n) is 2.82. The van der Waals surface area contributed by atoms with E-state index in [9.17, 15) is 0 Å². The highest BCUT2D eigenvalue weighted by atomic mass is 79.9. The van der Waals surface area contributed by atoms with Gasteiger partial charge in [0, 0.05) is 19.0 Å². The number of hydrogen-bond acceptors (Lipinski definition) is 3. The van der Waals surface area contributed by atoms with Crippen molar-refractivity contribution in [1.29, 1.82) is 0 Å². The predicted octanol–water partition coefficient (Wildman–Crippen LogP) is 1.29. The van der Waals surface area contributed by atoms with Gasteiger partial charge in [-0.25, -0.2) is 0 Å². The van der Waals surface area contributed by atoms with Crippen molar-refractivity contribution in [2.45, 2.75) is 6.42 Å². The molecule has 3 unspecified atom stereocenters. The van der Waals surface area contributed by atoms with E-state index in [2.05, 4.69) is 26.0 Å². The summed E-state index contributed by atoms with van der Waals surface area (Å²) in [5.41, 5.74) is 0. The zero-order valence-corrected chi connectivity index (χ0v) is 8.75. The molecule has 3 atom stereocenters. The molecule has 2 rings (SSSR count). The Balaban J connectivity index is 2.02. The molecule has 4 heteroatoms. The number of oxime groups is 1. The van der Waals surface area contributed by atoms with E-state index in [4.69, 9.17) is 4.84 Å². The Morgan fingerprint density at radius 2 is 2.42 bits per heavy atom. The summed E-state index contributed by atoms with van der Waals surface area (Å²) in [6, 6.07) is 0. The molecule has 0 amide bonds. The Morgan fingerprint density at radius 3 is 2.92 bits per heavy atom. The third-order valence-corrected chi connectivity index (χ3v) is 3.55. The first-order chi connectivity index (χ1) is 5.81. The molecule has 0 saturated carbocycles. The fraction of sp³-hybridized carbons (Fsp3) is 0.875. The van der Waals surface area contributed by atoms with Crippen LogP contribution in [-0.4, -0.2) is 36.3 Å². The zero-order valence-electron chi connectivity index (χ0n) is 7.16. The highest BCUT2D eigenvalue weighted by Gasteiger charge is 2.40. The number of nitrogens with zero attached hydrogens (tertiary/aromatic N) is 2. The van der Waals surface area contributed by atoms with Crippen LogP contribution in [0.15, 0.2) is 5.16 Å². The van der Waals surface area contributed by atoms with Crippen molar-refractivity contribution >= 4 is 20.6 Å². The minimum Gasteiger partial charge on any atom is -0.398 e. The van der Waals surface area contributed by atoms with E-state index >= 15 is 0 Å². The zero-order chi connectivity index (χ0) is 8.55. The van der Waals surface area contributed by atoms with Crippen molar-refractivity contribution in [3.05, 3.63) is 0 Å². The van der Waals surface area contributed by atoms with Crippen molar-refractivity contribution in [2.75, 3.05) is 26.7 Å². The van der Waals surface area contributed by atoms with E-state index in [1.165, 1.54) is 19.5 Å². The number of rotatable bonds is 2. The van der Waals surface area contributed by atoms with Crippen LogP contribution in [0.3, 0.4) is 0 Å². The van der Waals surface area contributed by atoms with Crippen LogP contribution >= 0.6 is 15.9 Å². The van der Waals surface area contributed by atoms with E-state index < -0.39 is 0 Å². The van der Waals surface area contributed by atoms with Gasteiger partial charge in [-0.05, 0) is 34.8 Å². The minimum atomic E-state index is 0.582. The second kappa shape index (κ2) is 3.34. The van der Waals surface area contributed by atoms with Crippen molar-refractivity contribution in [1.82, 2.24) is 4.90 Å². The van der Waals surface area contributed by atoms with Gasteiger partial charge in [-0.3, -0.25) is 0 Å². The summed E-state index contributed by atoms with van der Waals surface area (Å²) in [5.74, 6) is 1.39. The van der Waals surface area contributed by atoms with Crippen LogP contribution in [0.5, 0.6) is 0 Å². The first kappa shape index (κ1) is 8.51. The fourth-order valence-corrected chi connectivity index (χ4v) is 2.87. The van der Waals surface area contributed by atoms with Gasteiger partial charge in [0.2, 0.25) is 0 Å². The normalized spacial score (nSPS) is 40.5. The van der Waals surface area contributed by atoms with Crippen LogP contribution in [0.1, 0.15) is 6.42 Å². The van der Waals surface area contributed by atoms with Crippen molar-refractivity contribution < 1.29 is 4.84 Å². The Morgan fingerprint density at radius 1 is 1.58 bits per heavy atom. The Labute approximate surface area is 80.9 Å². The van der Waals surface area contributed by atoms with Gasteiger partial charge >= 0.3 is 0 Å². The summed E-state index contributed by atoms with van der Waals surface area (Å²) < 4.78 is 0.984. The van der Waals surface area contributed by atoms with Crippen LogP contribution in [-0.2, 0) is 4.84 Å². The van der Waals surface area contributed by atoms with Gasteiger partial charge in [0.1, 0.15) is 11.7 Å². The second-order valence-corrected chi connectivity index (χ2v) is 4.32. The lowest BCUT2D eigenvalue weighted by atomic mass is 9.94. The molecule has 2 bridgehead atoms. The van der Waals surface area contributed by atoms with Gasteiger partial charge in [-0.1, -0.05) is 5.16 Å². The quantitative estimate of drug-likeness (QED) is 0.530. The molecule has 0 aromatic carbocycles.